The first kappa shape index (κ1) is 17.5. The van der Waals surface area contributed by atoms with E-state index in [2.05, 4.69) is 15.9 Å². The van der Waals surface area contributed by atoms with Crippen LogP contribution in [-0.2, 0) is 0 Å². The third-order valence-corrected chi connectivity index (χ3v) is 3.90. The van der Waals surface area contributed by atoms with Crippen LogP contribution in [0, 0.1) is 0 Å². The van der Waals surface area contributed by atoms with Gasteiger partial charge in [0.15, 0.2) is 0 Å². The van der Waals surface area contributed by atoms with Crippen LogP contribution in [0.4, 0.5) is 0 Å². The Morgan fingerprint density at radius 1 is 0.826 bits per heavy atom. The summed E-state index contributed by atoms with van der Waals surface area (Å²) in [5.74, 6) is 0.959. The lowest BCUT2D eigenvalue weighted by molar-refractivity contribution is 0.0734. The van der Waals surface area contributed by atoms with Crippen molar-refractivity contribution in [2.24, 2.45) is 0 Å². The van der Waals surface area contributed by atoms with E-state index in [4.69, 9.17) is 9.47 Å². The molecule has 0 aliphatic rings. The zero-order valence-electron chi connectivity index (χ0n) is 13.0. The van der Waals surface area contributed by atoms with Gasteiger partial charge >= 0.3 is 5.97 Å². The Labute approximate surface area is 145 Å². The Balaban J connectivity index is 1.76. The Bertz CT molecular complexity index is 581. The lowest BCUT2D eigenvalue weighted by atomic mass is 10.2. The Hall–Kier alpha value is -1.81. The van der Waals surface area contributed by atoms with Gasteiger partial charge in [-0.15, -0.1) is 0 Å². The van der Waals surface area contributed by atoms with Gasteiger partial charge < -0.3 is 9.47 Å². The third-order valence-electron chi connectivity index (χ3n) is 3.34. The van der Waals surface area contributed by atoms with Crippen molar-refractivity contribution in [3.63, 3.8) is 0 Å². The summed E-state index contributed by atoms with van der Waals surface area (Å²) in [5, 5.41) is 1.06. The molecule has 0 radical (unpaired) electrons. The van der Waals surface area contributed by atoms with Gasteiger partial charge in [0.25, 0.3) is 0 Å². The van der Waals surface area contributed by atoms with E-state index in [9.17, 15) is 4.79 Å². The molecule has 0 saturated carbocycles. The summed E-state index contributed by atoms with van der Waals surface area (Å²) in [7, 11) is 0. The topological polar surface area (TPSA) is 35.5 Å². The summed E-state index contributed by atoms with van der Waals surface area (Å²) in [4.78, 5) is 12.0. The van der Waals surface area contributed by atoms with Crippen molar-refractivity contribution < 1.29 is 14.3 Å². The summed E-state index contributed by atoms with van der Waals surface area (Å²) in [6.07, 6.45) is 4.65. The Morgan fingerprint density at radius 2 is 1.52 bits per heavy atom. The van der Waals surface area contributed by atoms with E-state index in [1.54, 1.807) is 36.4 Å². The smallest absolute Gasteiger partial charge is 0.343 e. The molecule has 4 heteroatoms. The number of unbranched alkanes of at least 4 members (excludes halogenated alkanes) is 3. The monoisotopic (exact) mass is 376 g/mol. The van der Waals surface area contributed by atoms with Gasteiger partial charge in [-0.25, -0.2) is 4.79 Å². The van der Waals surface area contributed by atoms with Crippen LogP contribution < -0.4 is 9.47 Å². The number of rotatable bonds is 9. The van der Waals surface area contributed by atoms with Crippen LogP contribution >= 0.6 is 15.9 Å². The zero-order valence-corrected chi connectivity index (χ0v) is 14.6. The number of benzene rings is 2. The maximum Gasteiger partial charge on any atom is 0.343 e. The van der Waals surface area contributed by atoms with Crippen LogP contribution in [0.5, 0.6) is 11.5 Å². The van der Waals surface area contributed by atoms with Crippen LogP contribution in [0.2, 0.25) is 0 Å². The molecule has 0 bridgehead atoms. The minimum Gasteiger partial charge on any atom is -0.494 e. The molecule has 2 rings (SSSR count). The van der Waals surface area contributed by atoms with Crippen molar-refractivity contribution in [1.29, 1.82) is 0 Å². The normalized spacial score (nSPS) is 10.3. The van der Waals surface area contributed by atoms with Crippen LogP contribution in [0.25, 0.3) is 0 Å². The molecule has 3 nitrogen and oxygen atoms in total. The fourth-order valence-corrected chi connectivity index (χ4v) is 2.48. The summed E-state index contributed by atoms with van der Waals surface area (Å²) in [5.41, 5.74) is 0.513. The van der Waals surface area contributed by atoms with Gasteiger partial charge in [-0.2, -0.15) is 0 Å². The van der Waals surface area contributed by atoms with E-state index in [0.29, 0.717) is 17.9 Å². The van der Waals surface area contributed by atoms with E-state index in [0.717, 1.165) is 17.5 Å². The number of esters is 1. The van der Waals surface area contributed by atoms with E-state index in [-0.39, 0.29) is 5.97 Å². The van der Waals surface area contributed by atoms with Crippen molar-refractivity contribution in [2.45, 2.75) is 25.7 Å². The van der Waals surface area contributed by atoms with Crippen molar-refractivity contribution in [3.05, 3.63) is 60.2 Å². The second-order valence-corrected chi connectivity index (χ2v) is 5.97. The largest absolute Gasteiger partial charge is 0.494 e. The van der Waals surface area contributed by atoms with Gasteiger partial charge in [-0.05, 0) is 49.2 Å². The second-order valence-electron chi connectivity index (χ2n) is 5.18. The van der Waals surface area contributed by atoms with Gasteiger partial charge in [-0.3, -0.25) is 0 Å². The minimum atomic E-state index is -0.363. The summed E-state index contributed by atoms with van der Waals surface area (Å²) in [6, 6.07) is 16.1. The fourth-order valence-electron chi connectivity index (χ4n) is 2.08. The average Bonchev–Trinajstić information content (AvgIpc) is 2.59. The molecule has 0 saturated heterocycles. The number of carbonyl (C=O) groups excluding carboxylic acids is 1. The Morgan fingerprint density at radius 3 is 2.22 bits per heavy atom. The number of hydrogen-bond donors (Lipinski definition) is 0. The number of para-hydroxylation sites is 1. The Kier molecular flexibility index (Phi) is 7.67. The summed E-state index contributed by atoms with van der Waals surface area (Å²) < 4.78 is 11.0. The first-order chi connectivity index (χ1) is 11.3. The van der Waals surface area contributed by atoms with Crippen molar-refractivity contribution >= 4 is 21.9 Å². The number of carbonyl (C=O) groups is 1. The predicted molar refractivity (Wildman–Crippen MR) is 95.6 cm³/mol. The van der Waals surface area contributed by atoms with Crippen molar-refractivity contribution in [2.75, 3.05) is 11.9 Å². The standard InChI is InChI=1S/C19H21BrO3/c20-14-6-1-2-7-15-22-17-12-10-16(11-13-17)19(21)23-18-8-4-3-5-9-18/h3-5,8-13H,1-2,6-7,14-15H2. The number of hydrogen-bond acceptors (Lipinski definition) is 3. The molecule has 2 aromatic rings. The van der Waals surface area contributed by atoms with Crippen LogP contribution in [0.3, 0.4) is 0 Å². The van der Waals surface area contributed by atoms with Crippen LogP contribution in [-0.4, -0.2) is 17.9 Å². The lowest BCUT2D eigenvalue weighted by Gasteiger charge is -2.07. The molecular weight excluding hydrogens is 356 g/mol. The third kappa shape index (κ3) is 6.45. The number of alkyl halides is 1. The van der Waals surface area contributed by atoms with Gasteiger partial charge in [0.05, 0.1) is 12.2 Å². The molecule has 2 aromatic carbocycles. The second kappa shape index (κ2) is 10.1. The van der Waals surface area contributed by atoms with Crippen LogP contribution in [0.1, 0.15) is 36.0 Å². The highest BCUT2D eigenvalue weighted by Crippen LogP contribution is 2.16. The molecule has 0 heterocycles. The lowest BCUT2D eigenvalue weighted by Crippen LogP contribution is -2.08. The molecule has 122 valence electrons. The molecule has 0 amide bonds. The summed E-state index contributed by atoms with van der Waals surface area (Å²) >= 11 is 3.43. The van der Waals surface area contributed by atoms with Gasteiger partial charge in [0.2, 0.25) is 0 Å². The van der Waals surface area contributed by atoms with Crippen molar-refractivity contribution in [3.8, 4) is 11.5 Å². The highest BCUT2D eigenvalue weighted by atomic mass is 79.9. The van der Waals surface area contributed by atoms with E-state index < -0.39 is 0 Å². The van der Waals surface area contributed by atoms with E-state index >= 15 is 0 Å². The highest BCUT2D eigenvalue weighted by molar-refractivity contribution is 9.09. The number of ether oxygens (including phenoxy) is 2. The fraction of sp³-hybridized carbons (Fsp3) is 0.316. The first-order valence-electron chi connectivity index (χ1n) is 7.85. The molecule has 0 aliphatic carbocycles. The molecule has 0 spiro atoms. The van der Waals surface area contributed by atoms with Gasteiger partial charge in [-0.1, -0.05) is 47.0 Å². The van der Waals surface area contributed by atoms with Gasteiger partial charge in [0.1, 0.15) is 11.5 Å². The summed E-state index contributed by atoms with van der Waals surface area (Å²) in [6.45, 7) is 0.704. The molecular formula is C19H21BrO3. The quantitative estimate of drug-likeness (QED) is 0.260. The molecule has 0 unspecified atom stereocenters. The zero-order chi connectivity index (χ0) is 16.3. The maximum atomic E-state index is 12.0. The molecule has 23 heavy (non-hydrogen) atoms. The predicted octanol–water partition coefficient (Wildman–Crippen LogP) is 5.24. The molecule has 0 atom stereocenters. The van der Waals surface area contributed by atoms with Gasteiger partial charge in [0, 0.05) is 5.33 Å². The first-order valence-corrected chi connectivity index (χ1v) is 8.98. The molecule has 0 aromatic heterocycles. The molecule has 0 fully saturated rings. The average molecular weight is 377 g/mol. The van der Waals surface area contributed by atoms with Crippen molar-refractivity contribution in [1.82, 2.24) is 0 Å². The SMILES string of the molecule is O=C(Oc1ccccc1)c1ccc(OCCCCCCBr)cc1. The minimum absolute atomic E-state index is 0.363. The van der Waals surface area contributed by atoms with E-state index in [1.807, 2.05) is 18.2 Å². The van der Waals surface area contributed by atoms with Crippen LogP contribution in [0.15, 0.2) is 54.6 Å². The number of halogens is 1. The van der Waals surface area contributed by atoms with E-state index in [1.165, 1.54) is 19.3 Å². The maximum absolute atomic E-state index is 12.0. The highest BCUT2D eigenvalue weighted by Gasteiger charge is 2.08. The molecule has 0 N–H and O–H groups in total. The molecule has 0 aliphatic heterocycles.